The molecule has 0 spiro atoms. The molecule has 0 aromatic carbocycles. The Balaban J connectivity index is 1.89. The minimum atomic E-state index is -2.97. The molecule has 23 heavy (non-hydrogen) atoms. The second kappa shape index (κ2) is 8.44. The van der Waals surface area contributed by atoms with Crippen LogP contribution < -0.4 is 0 Å². The number of ether oxygens (including phenoxy) is 1. The Morgan fingerprint density at radius 3 is 2.57 bits per heavy atom. The maximum Gasteiger partial charge on any atom is 0.223 e. The number of morpholine rings is 1. The van der Waals surface area contributed by atoms with Gasteiger partial charge in [-0.15, -0.1) is 0 Å². The van der Waals surface area contributed by atoms with Crippen molar-refractivity contribution in [3.8, 4) is 0 Å². The molecule has 0 aliphatic carbocycles. The molecule has 2 heterocycles. The third-order valence-corrected chi connectivity index (χ3v) is 6.28. The van der Waals surface area contributed by atoms with Crippen molar-refractivity contribution >= 4 is 15.7 Å². The Kier molecular flexibility index (Phi) is 6.85. The summed E-state index contributed by atoms with van der Waals surface area (Å²) in [5, 5.41) is 0. The van der Waals surface area contributed by atoms with Crippen LogP contribution in [0.2, 0.25) is 0 Å². The standard InChI is InChI=1S/C16H30N2O4S/c1-14(2)12-16(19)18(15-4-11-23(20,21)13-15)6-3-5-17-7-9-22-10-8-17/h14-15H,3-13H2,1-2H3/t15-/m1/s1. The molecule has 2 saturated heterocycles. The van der Waals surface area contributed by atoms with Gasteiger partial charge >= 0.3 is 0 Å². The van der Waals surface area contributed by atoms with Crippen molar-refractivity contribution in [2.75, 3.05) is 50.9 Å². The van der Waals surface area contributed by atoms with E-state index in [0.717, 1.165) is 39.3 Å². The van der Waals surface area contributed by atoms with Gasteiger partial charge in [0.05, 0.1) is 24.7 Å². The highest BCUT2D eigenvalue weighted by Crippen LogP contribution is 2.20. The van der Waals surface area contributed by atoms with Crippen LogP contribution in [0.3, 0.4) is 0 Å². The predicted molar refractivity (Wildman–Crippen MR) is 90.1 cm³/mol. The van der Waals surface area contributed by atoms with Gasteiger partial charge in [-0.25, -0.2) is 8.42 Å². The lowest BCUT2D eigenvalue weighted by molar-refractivity contribution is -0.134. The first kappa shape index (κ1) is 18.7. The molecule has 2 aliphatic heterocycles. The van der Waals surface area contributed by atoms with Gasteiger partial charge in [-0.2, -0.15) is 0 Å². The highest BCUT2D eigenvalue weighted by Gasteiger charge is 2.34. The summed E-state index contributed by atoms with van der Waals surface area (Å²) in [6.07, 6.45) is 1.97. The first-order valence-corrected chi connectivity index (χ1v) is 10.5. The summed E-state index contributed by atoms with van der Waals surface area (Å²) in [7, 11) is -2.97. The zero-order valence-corrected chi connectivity index (χ0v) is 15.2. The summed E-state index contributed by atoms with van der Waals surface area (Å²) in [5.41, 5.74) is 0. The number of rotatable bonds is 7. The van der Waals surface area contributed by atoms with E-state index in [4.69, 9.17) is 4.74 Å². The van der Waals surface area contributed by atoms with Gasteiger partial charge in [0.2, 0.25) is 5.91 Å². The number of carbonyl (C=O) groups excluding carboxylic acids is 1. The molecule has 2 rings (SSSR count). The Hall–Kier alpha value is -0.660. The largest absolute Gasteiger partial charge is 0.379 e. The smallest absolute Gasteiger partial charge is 0.223 e. The maximum atomic E-state index is 12.5. The Morgan fingerprint density at radius 1 is 1.30 bits per heavy atom. The van der Waals surface area contributed by atoms with E-state index in [1.807, 2.05) is 18.7 Å². The van der Waals surface area contributed by atoms with E-state index in [-0.39, 0.29) is 23.5 Å². The molecule has 0 radical (unpaired) electrons. The van der Waals surface area contributed by atoms with Gasteiger partial charge < -0.3 is 9.64 Å². The van der Waals surface area contributed by atoms with Crippen molar-refractivity contribution in [2.45, 2.75) is 39.2 Å². The van der Waals surface area contributed by atoms with E-state index in [0.29, 0.717) is 25.3 Å². The maximum absolute atomic E-state index is 12.5. The lowest BCUT2D eigenvalue weighted by Crippen LogP contribution is -2.44. The molecular formula is C16H30N2O4S. The van der Waals surface area contributed by atoms with Gasteiger partial charge in [-0.3, -0.25) is 9.69 Å². The third kappa shape index (κ3) is 6.04. The predicted octanol–water partition coefficient (Wildman–Crippen LogP) is 0.771. The van der Waals surface area contributed by atoms with Crippen LogP contribution >= 0.6 is 0 Å². The van der Waals surface area contributed by atoms with E-state index < -0.39 is 9.84 Å². The van der Waals surface area contributed by atoms with Crippen LogP contribution in [0, 0.1) is 5.92 Å². The Morgan fingerprint density at radius 2 is 2.00 bits per heavy atom. The molecule has 1 atom stereocenters. The summed E-state index contributed by atoms with van der Waals surface area (Å²) in [4.78, 5) is 16.7. The Labute approximate surface area is 140 Å². The molecule has 2 fully saturated rings. The fourth-order valence-electron chi connectivity index (χ4n) is 3.29. The van der Waals surface area contributed by atoms with Crippen LogP contribution in [-0.2, 0) is 19.4 Å². The summed E-state index contributed by atoms with van der Waals surface area (Å²) < 4.78 is 28.8. The fourth-order valence-corrected chi connectivity index (χ4v) is 5.02. The quantitative estimate of drug-likeness (QED) is 0.681. The van der Waals surface area contributed by atoms with Gasteiger partial charge in [0.1, 0.15) is 0 Å². The van der Waals surface area contributed by atoms with Crippen LogP contribution in [0.25, 0.3) is 0 Å². The van der Waals surface area contributed by atoms with Crippen molar-refractivity contribution in [3.63, 3.8) is 0 Å². The van der Waals surface area contributed by atoms with Gasteiger partial charge in [0.25, 0.3) is 0 Å². The highest BCUT2D eigenvalue weighted by molar-refractivity contribution is 7.91. The molecule has 1 amide bonds. The van der Waals surface area contributed by atoms with Crippen LogP contribution in [0.4, 0.5) is 0 Å². The molecule has 0 unspecified atom stereocenters. The zero-order chi connectivity index (χ0) is 16.9. The second-order valence-electron chi connectivity index (χ2n) is 7.05. The zero-order valence-electron chi connectivity index (χ0n) is 14.4. The SMILES string of the molecule is CC(C)CC(=O)N(CCCN1CCOCC1)[C@@H]1CCS(=O)(=O)C1. The summed E-state index contributed by atoms with van der Waals surface area (Å²) >= 11 is 0. The lowest BCUT2D eigenvalue weighted by atomic mass is 10.1. The van der Waals surface area contributed by atoms with Crippen LogP contribution in [0.15, 0.2) is 0 Å². The van der Waals surface area contributed by atoms with Gasteiger partial charge in [-0.05, 0) is 18.8 Å². The highest BCUT2D eigenvalue weighted by atomic mass is 32.2. The van der Waals surface area contributed by atoms with Crippen molar-refractivity contribution in [1.29, 1.82) is 0 Å². The minimum Gasteiger partial charge on any atom is -0.379 e. The number of sulfone groups is 1. The summed E-state index contributed by atoms with van der Waals surface area (Å²) in [6, 6.07) is -0.129. The first-order chi connectivity index (χ1) is 10.9. The van der Waals surface area contributed by atoms with Crippen molar-refractivity contribution in [2.24, 2.45) is 5.92 Å². The number of hydrogen-bond donors (Lipinski definition) is 0. The number of nitrogens with zero attached hydrogens (tertiary/aromatic N) is 2. The Bertz CT molecular complexity index is 486. The second-order valence-corrected chi connectivity index (χ2v) is 9.28. The molecule has 7 heteroatoms. The van der Waals surface area contributed by atoms with Crippen molar-refractivity contribution in [3.05, 3.63) is 0 Å². The fraction of sp³-hybridized carbons (Fsp3) is 0.938. The molecule has 0 N–H and O–H groups in total. The average molecular weight is 346 g/mol. The molecule has 2 aliphatic rings. The minimum absolute atomic E-state index is 0.101. The molecule has 0 aromatic rings. The van der Waals surface area contributed by atoms with Gasteiger partial charge in [0.15, 0.2) is 9.84 Å². The molecule has 0 saturated carbocycles. The monoisotopic (exact) mass is 346 g/mol. The van der Waals surface area contributed by atoms with Crippen molar-refractivity contribution < 1.29 is 17.9 Å². The summed E-state index contributed by atoms with van der Waals surface area (Å²) in [6.45, 7) is 9.07. The van der Waals surface area contributed by atoms with E-state index in [9.17, 15) is 13.2 Å². The van der Waals surface area contributed by atoms with Crippen LogP contribution in [-0.4, -0.2) is 81.1 Å². The molecule has 134 valence electrons. The molecule has 0 aromatic heterocycles. The normalized spacial score (nSPS) is 24.9. The summed E-state index contributed by atoms with van der Waals surface area (Å²) in [5.74, 6) is 0.743. The molecule has 0 bridgehead atoms. The van der Waals surface area contributed by atoms with E-state index >= 15 is 0 Å². The number of hydrogen-bond acceptors (Lipinski definition) is 5. The van der Waals surface area contributed by atoms with E-state index in [1.54, 1.807) is 0 Å². The van der Waals surface area contributed by atoms with Crippen LogP contribution in [0.5, 0.6) is 0 Å². The third-order valence-electron chi connectivity index (χ3n) is 4.53. The first-order valence-electron chi connectivity index (χ1n) is 8.67. The van der Waals surface area contributed by atoms with E-state index in [1.165, 1.54) is 0 Å². The number of amides is 1. The van der Waals surface area contributed by atoms with Gasteiger partial charge in [0, 0.05) is 38.6 Å². The van der Waals surface area contributed by atoms with Crippen LogP contribution in [0.1, 0.15) is 33.1 Å². The van der Waals surface area contributed by atoms with Gasteiger partial charge in [-0.1, -0.05) is 13.8 Å². The van der Waals surface area contributed by atoms with Crippen molar-refractivity contribution in [1.82, 2.24) is 9.80 Å². The lowest BCUT2D eigenvalue weighted by Gasteiger charge is -2.31. The topological polar surface area (TPSA) is 66.9 Å². The number of carbonyl (C=O) groups is 1. The van der Waals surface area contributed by atoms with E-state index in [2.05, 4.69) is 4.90 Å². The molecule has 6 nitrogen and oxygen atoms in total. The molecular weight excluding hydrogens is 316 g/mol. The average Bonchev–Trinajstić information content (AvgIpc) is 2.83.